The monoisotopic (exact) mass is 267 g/mol. The lowest BCUT2D eigenvalue weighted by molar-refractivity contribution is -0.574. The van der Waals surface area contributed by atoms with E-state index in [-0.39, 0.29) is 20.9 Å². The molecule has 94 valence electrons. The molecule has 1 N–H and O–H groups in total. The van der Waals surface area contributed by atoms with Crippen molar-refractivity contribution in [3.8, 4) is 0 Å². The Morgan fingerprint density at radius 2 is 2.17 bits per heavy atom. The van der Waals surface area contributed by atoms with Crippen molar-refractivity contribution in [2.75, 3.05) is 7.05 Å². The standard InChI is InChI=1S/C10H9N3O4S/c1-5-3-6-8(7(4-5)13(16)17)18-10(12(6)15)9(14)11-2/h3-4H,1-2H3,(H,11,14). The van der Waals surface area contributed by atoms with E-state index in [1.54, 1.807) is 6.92 Å². The molecule has 0 unspecified atom stereocenters. The zero-order valence-corrected chi connectivity index (χ0v) is 10.4. The minimum absolute atomic E-state index is 0.110. The minimum Gasteiger partial charge on any atom is -0.617 e. The van der Waals surface area contributed by atoms with Crippen LogP contribution in [0.15, 0.2) is 12.1 Å². The number of nitro groups is 1. The van der Waals surface area contributed by atoms with Crippen LogP contribution in [0.5, 0.6) is 0 Å². The van der Waals surface area contributed by atoms with Gasteiger partial charge in [-0.1, -0.05) is 0 Å². The number of thiazole rings is 1. The number of nitrogens with zero attached hydrogens (tertiary/aromatic N) is 2. The second kappa shape index (κ2) is 4.22. The number of non-ortho nitro benzene ring substituents is 1. The molecule has 2 aromatic rings. The summed E-state index contributed by atoms with van der Waals surface area (Å²) in [4.78, 5) is 21.8. The molecule has 0 aliphatic rings. The molecule has 0 aliphatic carbocycles. The SMILES string of the molecule is CNC(=O)c1sc2c([N+](=O)[O-])cc(C)cc2[n+]1[O-]. The van der Waals surface area contributed by atoms with Crippen LogP contribution in [0.25, 0.3) is 10.2 Å². The van der Waals surface area contributed by atoms with E-state index in [0.29, 0.717) is 10.3 Å². The van der Waals surface area contributed by atoms with Gasteiger partial charge in [-0.2, -0.15) is 0 Å². The highest BCUT2D eigenvalue weighted by Gasteiger charge is 2.28. The molecule has 0 fully saturated rings. The summed E-state index contributed by atoms with van der Waals surface area (Å²) in [7, 11) is 1.40. The number of nitrogens with one attached hydrogen (secondary N) is 1. The van der Waals surface area contributed by atoms with Gasteiger partial charge in [-0.05, 0) is 23.8 Å². The molecule has 0 saturated carbocycles. The van der Waals surface area contributed by atoms with Crippen LogP contribution >= 0.6 is 11.3 Å². The van der Waals surface area contributed by atoms with Gasteiger partial charge in [0.25, 0.3) is 5.69 Å². The van der Waals surface area contributed by atoms with Crippen molar-refractivity contribution >= 4 is 33.1 Å². The van der Waals surface area contributed by atoms with Crippen molar-refractivity contribution in [1.29, 1.82) is 0 Å². The molecule has 1 amide bonds. The average molecular weight is 267 g/mol. The van der Waals surface area contributed by atoms with E-state index in [0.717, 1.165) is 11.3 Å². The number of carbonyl (C=O) groups is 1. The molecule has 0 saturated heterocycles. The molecule has 0 aliphatic heterocycles. The van der Waals surface area contributed by atoms with Gasteiger partial charge in [0.05, 0.1) is 4.92 Å². The lowest BCUT2D eigenvalue weighted by Gasteiger charge is -1.97. The van der Waals surface area contributed by atoms with Crippen molar-refractivity contribution in [2.24, 2.45) is 0 Å². The average Bonchev–Trinajstić information content (AvgIpc) is 2.65. The number of hydrogen-bond acceptors (Lipinski definition) is 5. The highest BCUT2D eigenvalue weighted by atomic mass is 32.1. The smallest absolute Gasteiger partial charge is 0.340 e. The number of nitro benzene ring substituents is 1. The Balaban J connectivity index is 2.83. The second-order valence-corrected chi connectivity index (χ2v) is 4.67. The van der Waals surface area contributed by atoms with Crippen LogP contribution in [0.3, 0.4) is 0 Å². The van der Waals surface area contributed by atoms with Crippen LogP contribution in [0.4, 0.5) is 5.69 Å². The van der Waals surface area contributed by atoms with E-state index in [1.807, 2.05) is 0 Å². The molecule has 0 radical (unpaired) electrons. The molecule has 1 heterocycles. The zero-order chi connectivity index (χ0) is 13.4. The summed E-state index contributed by atoms with van der Waals surface area (Å²) in [6.07, 6.45) is 0. The van der Waals surface area contributed by atoms with Gasteiger partial charge >= 0.3 is 10.9 Å². The lowest BCUT2D eigenvalue weighted by Crippen LogP contribution is -2.35. The maximum atomic E-state index is 11.9. The molecule has 8 heteroatoms. The minimum atomic E-state index is -0.557. The van der Waals surface area contributed by atoms with Crippen LogP contribution in [-0.4, -0.2) is 17.9 Å². The predicted molar refractivity (Wildman–Crippen MR) is 65.6 cm³/mol. The molecule has 0 spiro atoms. The Bertz CT molecular complexity index is 665. The summed E-state index contributed by atoms with van der Waals surface area (Å²) < 4.78 is 0.637. The number of carbonyl (C=O) groups excluding carboxylic acids is 1. The number of hydrogen-bond donors (Lipinski definition) is 1. The maximum absolute atomic E-state index is 11.9. The van der Waals surface area contributed by atoms with Crippen LogP contribution < -0.4 is 10.0 Å². The normalized spacial score (nSPS) is 10.6. The maximum Gasteiger partial charge on any atom is 0.340 e. The molecule has 18 heavy (non-hydrogen) atoms. The molecule has 1 aromatic heterocycles. The molecular formula is C10H9N3O4S. The Kier molecular flexibility index (Phi) is 2.87. The fraction of sp³-hybridized carbons (Fsp3) is 0.200. The Morgan fingerprint density at radius 1 is 1.50 bits per heavy atom. The summed E-state index contributed by atoms with van der Waals surface area (Å²) in [6, 6.07) is 2.91. The second-order valence-electron chi connectivity index (χ2n) is 3.67. The van der Waals surface area contributed by atoms with E-state index in [1.165, 1.54) is 19.2 Å². The predicted octanol–water partition coefficient (Wildman–Crippen LogP) is 1.11. The zero-order valence-electron chi connectivity index (χ0n) is 9.59. The van der Waals surface area contributed by atoms with Crippen LogP contribution in [0.2, 0.25) is 0 Å². The number of aryl methyl sites for hydroxylation is 1. The summed E-state index contributed by atoms with van der Waals surface area (Å²) in [5.74, 6) is -0.557. The highest BCUT2D eigenvalue weighted by molar-refractivity contribution is 7.20. The van der Waals surface area contributed by atoms with Gasteiger partial charge in [0.15, 0.2) is 4.70 Å². The first-order valence-electron chi connectivity index (χ1n) is 4.99. The summed E-state index contributed by atoms with van der Waals surface area (Å²) in [6.45, 7) is 1.66. The first-order chi connectivity index (χ1) is 8.45. The fourth-order valence-corrected chi connectivity index (χ4v) is 2.67. The van der Waals surface area contributed by atoms with Crippen molar-refractivity contribution in [3.63, 3.8) is 0 Å². The van der Waals surface area contributed by atoms with Gasteiger partial charge < -0.3 is 10.5 Å². The van der Waals surface area contributed by atoms with Crippen molar-refractivity contribution in [3.05, 3.63) is 38.0 Å². The van der Waals surface area contributed by atoms with Gasteiger partial charge in [-0.15, -0.1) is 4.73 Å². The van der Waals surface area contributed by atoms with Gasteiger partial charge in [0.2, 0.25) is 5.52 Å². The van der Waals surface area contributed by atoms with E-state index >= 15 is 0 Å². The third kappa shape index (κ3) is 1.76. The first-order valence-corrected chi connectivity index (χ1v) is 5.80. The Hall–Kier alpha value is -2.22. The third-order valence-corrected chi connectivity index (χ3v) is 3.58. The van der Waals surface area contributed by atoms with Gasteiger partial charge in [-0.3, -0.25) is 14.9 Å². The van der Waals surface area contributed by atoms with Crippen molar-refractivity contribution < 1.29 is 14.4 Å². The number of fused-ring (bicyclic) bond motifs is 1. The molecule has 1 aromatic carbocycles. The number of amides is 1. The molecule has 0 atom stereocenters. The van der Waals surface area contributed by atoms with Gasteiger partial charge in [0.1, 0.15) is 0 Å². The molecular weight excluding hydrogens is 258 g/mol. The quantitative estimate of drug-likeness (QED) is 0.381. The van der Waals surface area contributed by atoms with Gasteiger partial charge in [-0.25, -0.2) is 0 Å². The largest absolute Gasteiger partial charge is 0.617 e. The summed E-state index contributed by atoms with van der Waals surface area (Å²) >= 11 is 0.817. The van der Waals surface area contributed by atoms with E-state index in [4.69, 9.17) is 0 Å². The first kappa shape index (κ1) is 12.2. The highest BCUT2D eigenvalue weighted by Crippen LogP contribution is 2.31. The van der Waals surface area contributed by atoms with E-state index in [9.17, 15) is 20.1 Å². The Morgan fingerprint density at radius 3 is 2.72 bits per heavy atom. The molecule has 2 rings (SSSR count). The third-order valence-electron chi connectivity index (χ3n) is 2.41. The number of benzene rings is 1. The topological polar surface area (TPSA) is 99.2 Å². The van der Waals surface area contributed by atoms with Crippen molar-refractivity contribution in [2.45, 2.75) is 6.92 Å². The lowest BCUT2D eigenvalue weighted by atomic mass is 10.2. The van der Waals surface area contributed by atoms with Crippen LogP contribution in [0, 0.1) is 22.2 Å². The van der Waals surface area contributed by atoms with Gasteiger partial charge in [0, 0.05) is 19.2 Å². The number of aromatic nitrogens is 1. The number of rotatable bonds is 2. The molecule has 0 bridgehead atoms. The Labute approximate surface area is 105 Å². The van der Waals surface area contributed by atoms with Crippen molar-refractivity contribution in [1.82, 2.24) is 5.32 Å². The van der Waals surface area contributed by atoms with E-state index < -0.39 is 10.8 Å². The van der Waals surface area contributed by atoms with E-state index in [2.05, 4.69) is 5.32 Å². The molecule has 7 nitrogen and oxygen atoms in total. The summed E-state index contributed by atoms with van der Waals surface area (Å²) in [5.41, 5.74) is 0.583. The summed E-state index contributed by atoms with van der Waals surface area (Å²) in [5, 5.41) is 25.0. The fourth-order valence-electron chi connectivity index (χ4n) is 1.62. The van der Waals surface area contributed by atoms with Crippen LogP contribution in [0.1, 0.15) is 15.4 Å². The van der Waals surface area contributed by atoms with Crippen LogP contribution in [-0.2, 0) is 0 Å².